The average molecular weight is 422 g/mol. The Morgan fingerprint density at radius 1 is 1.46 bits per heavy atom. The van der Waals surface area contributed by atoms with E-state index in [1.165, 1.54) is 12.3 Å². The molecular weight excluding hydrogens is 402 g/mol. The van der Waals surface area contributed by atoms with E-state index in [0.29, 0.717) is 11.0 Å². The lowest BCUT2D eigenvalue weighted by Gasteiger charge is -2.34. The smallest absolute Gasteiger partial charge is 0.405 e. The molecule has 0 aliphatic carbocycles. The highest BCUT2D eigenvalue weighted by Crippen LogP contribution is 2.35. The first-order valence-electron chi connectivity index (χ1n) is 7.28. The van der Waals surface area contributed by atoms with Crippen molar-refractivity contribution in [1.82, 2.24) is 15.2 Å². The van der Waals surface area contributed by atoms with Crippen molar-refractivity contribution < 1.29 is 18.3 Å². The Balaban J connectivity index is 2.58. The van der Waals surface area contributed by atoms with E-state index in [0.717, 1.165) is 0 Å². The number of sulfone groups is 1. The lowest BCUT2D eigenvalue weighted by molar-refractivity contribution is 0.160. The predicted octanol–water partition coefficient (Wildman–Crippen LogP) is 1.38. The topological polar surface area (TPSA) is 120 Å². The fraction of sp³-hybridized carbons (Fsp3) is 0.571. The summed E-state index contributed by atoms with van der Waals surface area (Å²) in [7, 11) is -4.25. The number of nitrogens with one attached hydrogen (secondary N) is 2. The molecule has 0 aromatic carbocycles. The predicted molar refractivity (Wildman–Crippen MR) is 91.8 cm³/mol. The number of rotatable bonds is 3. The van der Waals surface area contributed by atoms with E-state index in [2.05, 4.69) is 26.2 Å². The number of hydrogen-bond donors (Lipinski definition) is 3. The lowest BCUT2D eigenvalue weighted by Crippen LogP contribution is -2.57. The van der Waals surface area contributed by atoms with Gasteiger partial charge >= 0.3 is 6.09 Å². The monoisotopic (exact) mass is 421 g/mol. The Morgan fingerprint density at radius 3 is 2.58 bits per heavy atom. The highest BCUT2D eigenvalue weighted by molar-refractivity contribution is 9.10. The van der Waals surface area contributed by atoms with Gasteiger partial charge in [-0.1, -0.05) is 0 Å². The van der Waals surface area contributed by atoms with Crippen LogP contribution in [-0.2, 0) is 9.84 Å². The number of hydrogen-bond acceptors (Lipinski definition) is 5. The maximum absolute atomic E-state index is 13.1. The number of carboxylic acid groups (broad SMARTS) is 1. The largest absolute Gasteiger partial charge is 0.465 e. The number of aromatic nitrogens is 1. The van der Waals surface area contributed by atoms with Crippen LogP contribution in [0.15, 0.2) is 26.4 Å². The number of halogens is 1. The highest BCUT2D eigenvalue weighted by atomic mass is 79.9. The van der Waals surface area contributed by atoms with Crippen LogP contribution in [0.25, 0.3) is 0 Å². The van der Waals surface area contributed by atoms with Gasteiger partial charge in [0.25, 0.3) is 5.56 Å². The van der Waals surface area contributed by atoms with Gasteiger partial charge in [0, 0.05) is 29.3 Å². The van der Waals surface area contributed by atoms with Gasteiger partial charge in [-0.2, -0.15) is 0 Å². The molecule has 8 nitrogen and oxygen atoms in total. The summed E-state index contributed by atoms with van der Waals surface area (Å²) in [6.45, 7) is 6.12. The molecule has 2 rings (SSSR count). The van der Waals surface area contributed by atoms with E-state index in [1.54, 1.807) is 0 Å². The summed E-state index contributed by atoms with van der Waals surface area (Å²) in [5.74, 6) is 0. The molecule has 1 aliphatic rings. The quantitative estimate of drug-likeness (QED) is 0.677. The zero-order valence-corrected chi connectivity index (χ0v) is 16.0. The first kappa shape index (κ1) is 18.9. The van der Waals surface area contributed by atoms with Crippen LogP contribution < -0.4 is 10.9 Å². The van der Waals surface area contributed by atoms with Gasteiger partial charge in [0.1, 0.15) is 4.90 Å². The second-order valence-electron chi connectivity index (χ2n) is 6.78. The van der Waals surface area contributed by atoms with Crippen LogP contribution >= 0.6 is 15.9 Å². The summed E-state index contributed by atoms with van der Waals surface area (Å²) in [5.41, 5.74) is -1.11. The van der Waals surface area contributed by atoms with Crippen molar-refractivity contribution in [3.05, 3.63) is 27.1 Å². The standard InChI is InChI=1S/C14H20BrN3O5S/c1-13(2,3)18-5-4-14(8-18,17-12(20)21)24(22,23)10-6-9(15)7-16-11(10)19/h6-7,17H,4-5,8H2,1-3H3,(H,16,19)(H,20,21)/t14-/m0/s1. The van der Waals surface area contributed by atoms with Crippen LogP contribution in [0.1, 0.15) is 27.2 Å². The van der Waals surface area contributed by atoms with E-state index in [9.17, 15) is 23.1 Å². The summed E-state index contributed by atoms with van der Waals surface area (Å²) in [5, 5.41) is 11.3. The first-order chi connectivity index (χ1) is 10.9. The van der Waals surface area contributed by atoms with Crippen LogP contribution in [0.3, 0.4) is 0 Å². The van der Waals surface area contributed by atoms with Crippen molar-refractivity contribution in [2.45, 2.75) is 42.5 Å². The molecule has 0 spiro atoms. The Hall–Kier alpha value is -1.39. The lowest BCUT2D eigenvalue weighted by atomic mass is 10.1. The Morgan fingerprint density at radius 2 is 2.08 bits per heavy atom. The third-order valence-corrected chi connectivity index (χ3v) is 6.96. The summed E-state index contributed by atoms with van der Waals surface area (Å²) in [6.07, 6.45) is -0.0552. The van der Waals surface area contributed by atoms with Gasteiger partial charge in [0.2, 0.25) is 9.84 Å². The van der Waals surface area contributed by atoms with Crippen LogP contribution in [-0.4, -0.2) is 53.0 Å². The molecule has 1 aliphatic heterocycles. The minimum atomic E-state index is -4.25. The summed E-state index contributed by atoms with van der Waals surface area (Å²) < 4.78 is 26.7. The molecule has 10 heteroatoms. The van der Waals surface area contributed by atoms with E-state index < -0.39 is 31.3 Å². The van der Waals surface area contributed by atoms with Crippen LogP contribution in [0.5, 0.6) is 0 Å². The van der Waals surface area contributed by atoms with E-state index in [4.69, 9.17) is 0 Å². The van der Waals surface area contributed by atoms with Crippen molar-refractivity contribution in [1.29, 1.82) is 0 Å². The number of carbonyl (C=O) groups is 1. The molecular formula is C14H20BrN3O5S. The highest BCUT2D eigenvalue weighted by Gasteiger charge is 2.53. The van der Waals surface area contributed by atoms with Crippen molar-refractivity contribution in [3.8, 4) is 0 Å². The van der Waals surface area contributed by atoms with Crippen molar-refractivity contribution >= 4 is 31.9 Å². The SMILES string of the molecule is CC(C)(C)N1CC[C@](NC(=O)O)(S(=O)(=O)c2cc(Br)c[nH]c2=O)C1. The van der Waals surface area contributed by atoms with Gasteiger partial charge in [-0.05, 0) is 49.2 Å². The Kier molecular flexibility index (Phi) is 4.86. The normalized spacial score (nSPS) is 22.5. The number of H-pyrrole nitrogens is 1. The molecule has 24 heavy (non-hydrogen) atoms. The third kappa shape index (κ3) is 3.35. The van der Waals surface area contributed by atoms with Crippen molar-refractivity contribution in [2.24, 2.45) is 0 Å². The molecule has 0 radical (unpaired) electrons. The van der Waals surface area contributed by atoms with E-state index in [1.807, 2.05) is 25.7 Å². The van der Waals surface area contributed by atoms with E-state index in [-0.39, 0.29) is 18.5 Å². The number of pyridine rings is 1. The molecule has 1 amide bonds. The summed E-state index contributed by atoms with van der Waals surface area (Å²) in [6, 6.07) is 1.19. The minimum Gasteiger partial charge on any atom is -0.465 e. The zero-order chi connectivity index (χ0) is 18.3. The maximum Gasteiger partial charge on any atom is 0.405 e. The Bertz CT molecular complexity index is 814. The third-order valence-electron chi connectivity index (χ3n) is 4.15. The molecule has 0 bridgehead atoms. The molecule has 2 heterocycles. The number of nitrogens with zero attached hydrogens (tertiary/aromatic N) is 1. The average Bonchev–Trinajstić information content (AvgIpc) is 2.86. The van der Waals surface area contributed by atoms with Gasteiger partial charge in [-0.15, -0.1) is 0 Å². The molecule has 3 N–H and O–H groups in total. The fourth-order valence-electron chi connectivity index (χ4n) is 2.79. The molecule has 0 unspecified atom stereocenters. The maximum atomic E-state index is 13.1. The van der Waals surface area contributed by atoms with Crippen LogP contribution in [0.4, 0.5) is 4.79 Å². The molecule has 1 atom stereocenters. The molecule has 1 fully saturated rings. The fourth-order valence-corrected chi connectivity index (χ4v) is 5.19. The van der Waals surface area contributed by atoms with Crippen LogP contribution in [0.2, 0.25) is 0 Å². The molecule has 1 aromatic heterocycles. The molecule has 134 valence electrons. The summed E-state index contributed by atoms with van der Waals surface area (Å²) in [4.78, 5) is 25.3. The zero-order valence-electron chi connectivity index (χ0n) is 13.6. The van der Waals surface area contributed by atoms with Crippen molar-refractivity contribution in [3.63, 3.8) is 0 Å². The van der Waals surface area contributed by atoms with Crippen molar-refractivity contribution in [2.75, 3.05) is 13.1 Å². The summed E-state index contributed by atoms with van der Waals surface area (Å²) >= 11 is 3.13. The van der Waals surface area contributed by atoms with Gasteiger partial charge in [-0.25, -0.2) is 13.2 Å². The number of aromatic amines is 1. The molecule has 1 saturated heterocycles. The Labute approximate surface area is 148 Å². The van der Waals surface area contributed by atoms with Crippen LogP contribution in [0, 0.1) is 0 Å². The van der Waals surface area contributed by atoms with Gasteiger partial charge in [0.05, 0.1) is 0 Å². The van der Waals surface area contributed by atoms with E-state index >= 15 is 0 Å². The molecule has 0 saturated carbocycles. The first-order valence-corrected chi connectivity index (χ1v) is 9.56. The molecule has 1 aromatic rings. The number of likely N-dealkylation sites (tertiary alicyclic amines) is 1. The second kappa shape index (κ2) is 6.16. The van der Waals surface area contributed by atoms with Gasteiger partial charge < -0.3 is 15.4 Å². The number of amides is 1. The van der Waals surface area contributed by atoms with Gasteiger partial charge in [0.15, 0.2) is 4.87 Å². The minimum absolute atomic E-state index is 0.0307. The second-order valence-corrected chi connectivity index (χ2v) is 9.93. The van der Waals surface area contributed by atoms with Gasteiger partial charge in [-0.3, -0.25) is 9.69 Å².